The summed E-state index contributed by atoms with van der Waals surface area (Å²) >= 11 is 0. The van der Waals surface area contributed by atoms with Crippen LogP contribution in [-0.2, 0) is 6.54 Å². The van der Waals surface area contributed by atoms with Crippen LogP contribution in [0.2, 0.25) is 0 Å². The molecule has 0 heterocycles. The molecule has 0 spiro atoms. The Bertz CT molecular complexity index is 682. The van der Waals surface area contributed by atoms with Crippen LogP contribution in [0.25, 0.3) is 0 Å². The lowest BCUT2D eigenvalue weighted by atomic mass is 10.1. The molecule has 0 saturated heterocycles. The highest BCUT2D eigenvalue weighted by Gasteiger charge is 2.12. The second-order valence-corrected chi connectivity index (χ2v) is 4.48. The average Bonchev–Trinajstić information content (AvgIpc) is 2.43. The van der Waals surface area contributed by atoms with Crippen LogP contribution >= 0.6 is 0 Å². The normalized spacial score (nSPS) is 10.5. The Morgan fingerprint density at radius 2 is 1.76 bits per heavy atom. The minimum Gasteiger partial charge on any atom is -0.381 e. The molecule has 0 atom stereocenters. The van der Waals surface area contributed by atoms with Gasteiger partial charge in [0.15, 0.2) is 17.5 Å². The van der Waals surface area contributed by atoms with Crippen molar-refractivity contribution in [3.8, 4) is 0 Å². The molecular weight excluding hydrogens is 285 g/mol. The molecule has 110 valence electrons. The lowest BCUT2D eigenvalue weighted by Crippen LogP contribution is -2.04. The van der Waals surface area contributed by atoms with Crippen molar-refractivity contribution in [2.75, 3.05) is 5.32 Å². The lowest BCUT2D eigenvalue weighted by molar-refractivity contribution is -0.384. The van der Waals surface area contributed by atoms with E-state index in [2.05, 4.69) is 5.32 Å². The molecule has 0 saturated carbocycles. The van der Waals surface area contributed by atoms with Crippen molar-refractivity contribution in [3.63, 3.8) is 0 Å². The Labute approximate surface area is 118 Å². The summed E-state index contributed by atoms with van der Waals surface area (Å²) in [4.78, 5) is 10.2. The van der Waals surface area contributed by atoms with Crippen LogP contribution in [0, 0.1) is 34.5 Å². The predicted molar refractivity (Wildman–Crippen MR) is 71.5 cm³/mol. The fourth-order valence-electron chi connectivity index (χ4n) is 1.82. The number of hydrogen-bond donors (Lipinski definition) is 1. The molecule has 0 radical (unpaired) electrons. The molecule has 2 rings (SSSR count). The van der Waals surface area contributed by atoms with Crippen LogP contribution in [-0.4, -0.2) is 4.92 Å². The maximum Gasteiger partial charge on any atom is 0.271 e. The summed E-state index contributed by atoms with van der Waals surface area (Å²) in [5.41, 5.74) is 1.30. The van der Waals surface area contributed by atoms with E-state index in [0.717, 1.165) is 17.7 Å². The fourth-order valence-corrected chi connectivity index (χ4v) is 1.82. The van der Waals surface area contributed by atoms with Gasteiger partial charge in [0.25, 0.3) is 5.69 Å². The Balaban J connectivity index is 2.20. The summed E-state index contributed by atoms with van der Waals surface area (Å²) in [6.45, 7) is 1.74. The van der Waals surface area contributed by atoms with Gasteiger partial charge in [0, 0.05) is 24.4 Å². The fraction of sp³-hybridized carbons (Fsp3) is 0.143. The molecule has 0 amide bonds. The van der Waals surface area contributed by atoms with Gasteiger partial charge in [-0.2, -0.15) is 0 Å². The monoisotopic (exact) mass is 296 g/mol. The van der Waals surface area contributed by atoms with Gasteiger partial charge in [-0.1, -0.05) is 6.07 Å². The van der Waals surface area contributed by atoms with E-state index >= 15 is 0 Å². The van der Waals surface area contributed by atoms with E-state index in [9.17, 15) is 23.3 Å². The third-order valence-electron chi connectivity index (χ3n) is 2.96. The molecule has 2 aromatic rings. The van der Waals surface area contributed by atoms with Crippen molar-refractivity contribution < 1.29 is 18.1 Å². The number of nitro benzene ring substituents is 1. The minimum atomic E-state index is -1.52. The van der Waals surface area contributed by atoms with E-state index in [1.807, 2.05) is 0 Å². The number of nitro groups is 1. The Kier molecular flexibility index (Phi) is 4.11. The van der Waals surface area contributed by atoms with Crippen molar-refractivity contribution in [1.29, 1.82) is 0 Å². The summed E-state index contributed by atoms with van der Waals surface area (Å²) in [5.74, 6) is -4.07. The van der Waals surface area contributed by atoms with Gasteiger partial charge in [-0.15, -0.1) is 0 Å². The summed E-state index contributed by atoms with van der Waals surface area (Å²) in [6, 6.07) is 5.99. The maximum absolute atomic E-state index is 13.1. The molecule has 21 heavy (non-hydrogen) atoms. The number of nitrogens with one attached hydrogen (secondary N) is 1. The van der Waals surface area contributed by atoms with Gasteiger partial charge in [-0.05, 0) is 30.2 Å². The molecule has 0 aliphatic carbocycles. The number of halogens is 3. The highest BCUT2D eigenvalue weighted by atomic mass is 19.2. The second-order valence-electron chi connectivity index (χ2n) is 4.48. The molecule has 0 aliphatic heterocycles. The van der Waals surface area contributed by atoms with E-state index < -0.39 is 22.4 Å². The summed E-state index contributed by atoms with van der Waals surface area (Å²) in [5, 5.41) is 13.5. The van der Waals surface area contributed by atoms with E-state index in [4.69, 9.17) is 0 Å². The minimum absolute atomic E-state index is 0.0100. The highest BCUT2D eigenvalue weighted by molar-refractivity contribution is 5.57. The Morgan fingerprint density at radius 1 is 1.14 bits per heavy atom. The molecule has 0 fully saturated rings. The number of nitrogens with zero attached hydrogens (tertiary/aromatic N) is 1. The first kappa shape index (κ1) is 14.8. The smallest absolute Gasteiger partial charge is 0.271 e. The zero-order valence-corrected chi connectivity index (χ0v) is 11.0. The molecule has 0 aliphatic rings. The van der Waals surface area contributed by atoms with Crippen LogP contribution in [0.3, 0.4) is 0 Å². The van der Waals surface area contributed by atoms with E-state index in [1.165, 1.54) is 12.1 Å². The first-order valence-electron chi connectivity index (χ1n) is 6.01. The van der Waals surface area contributed by atoms with E-state index in [0.29, 0.717) is 5.69 Å². The number of non-ortho nitro benzene ring substituents is 1. The predicted octanol–water partition coefficient (Wildman–Crippen LogP) is 3.93. The summed E-state index contributed by atoms with van der Waals surface area (Å²) < 4.78 is 39.0. The SMILES string of the molecule is Cc1ccc([N+](=O)[O-])cc1NCc1cc(F)c(F)c(F)c1. The average molecular weight is 296 g/mol. The molecule has 0 bridgehead atoms. The summed E-state index contributed by atoms with van der Waals surface area (Å²) in [6.07, 6.45) is 0. The largest absolute Gasteiger partial charge is 0.381 e. The first-order valence-corrected chi connectivity index (χ1v) is 6.01. The quantitative estimate of drug-likeness (QED) is 0.528. The molecule has 4 nitrogen and oxygen atoms in total. The second kappa shape index (κ2) is 5.82. The number of benzene rings is 2. The number of hydrogen-bond acceptors (Lipinski definition) is 3. The van der Waals surface area contributed by atoms with Crippen LogP contribution in [0.15, 0.2) is 30.3 Å². The third kappa shape index (κ3) is 3.31. The van der Waals surface area contributed by atoms with Gasteiger partial charge >= 0.3 is 0 Å². The maximum atomic E-state index is 13.1. The Hall–Kier alpha value is -2.57. The van der Waals surface area contributed by atoms with Crippen molar-refractivity contribution in [2.24, 2.45) is 0 Å². The topological polar surface area (TPSA) is 55.2 Å². The van der Waals surface area contributed by atoms with E-state index in [-0.39, 0.29) is 17.8 Å². The van der Waals surface area contributed by atoms with Crippen molar-refractivity contribution >= 4 is 11.4 Å². The first-order chi connectivity index (χ1) is 9.88. The van der Waals surface area contributed by atoms with Crippen molar-refractivity contribution in [2.45, 2.75) is 13.5 Å². The molecule has 0 aromatic heterocycles. The number of rotatable bonds is 4. The molecule has 2 aromatic carbocycles. The van der Waals surface area contributed by atoms with Crippen molar-refractivity contribution in [3.05, 3.63) is 69.0 Å². The standard InChI is InChI=1S/C14H11F3N2O2/c1-8-2-3-10(19(20)21)6-13(8)18-7-9-4-11(15)14(17)12(16)5-9/h2-6,18H,7H2,1H3. The van der Waals surface area contributed by atoms with Gasteiger partial charge in [-0.3, -0.25) is 10.1 Å². The highest BCUT2D eigenvalue weighted by Crippen LogP contribution is 2.23. The molecule has 0 unspecified atom stereocenters. The van der Waals surface area contributed by atoms with Gasteiger partial charge in [0.05, 0.1) is 4.92 Å². The van der Waals surface area contributed by atoms with Gasteiger partial charge < -0.3 is 5.32 Å². The van der Waals surface area contributed by atoms with Gasteiger partial charge in [-0.25, -0.2) is 13.2 Å². The Morgan fingerprint density at radius 3 is 2.33 bits per heavy atom. The molecule has 1 N–H and O–H groups in total. The lowest BCUT2D eigenvalue weighted by Gasteiger charge is -2.10. The van der Waals surface area contributed by atoms with E-state index in [1.54, 1.807) is 13.0 Å². The number of aryl methyl sites for hydroxylation is 1. The third-order valence-corrected chi connectivity index (χ3v) is 2.96. The van der Waals surface area contributed by atoms with Gasteiger partial charge in [0.2, 0.25) is 0 Å². The van der Waals surface area contributed by atoms with Crippen LogP contribution in [0.5, 0.6) is 0 Å². The van der Waals surface area contributed by atoms with Crippen molar-refractivity contribution in [1.82, 2.24) is 0 Å². The van der Waals surface area contributed by atoms with Crippen LogP contribution < -0.4 is 5.32 Å². The number of anilines is 1. The van der Waals surface area contributed by atoms with Gasteiger partial charge in [0.1, 0.15) is 0 Å². The zero-order chi connectivity index (χ0) is 15.6. The molecular formula is C14H11F3N2O2. The zero-order valence-electron chi connectivity index (χ0n) is 11.0. The summed E-state index contributed by atoms with van der Waals surface area (Å²) in [7, 11) is 0. The van der Waals surface area contributed by atoms with Crippen LogP contribution in [0.1, 0.15) is 11.1 Å². The van der Waals surface area contributed by atoms with Crippen LogP contribution in [0.4, 0.5) is 24.5 Å². The molecule has 7 heteroatoms.